The van der Waals surface area contributed by atoms with E-state index in [2.05, 4.69) is 0 Å². The summed E-state index contributed by atoms with van der Waals surface area (Å²) in [5, 5.41) is 18.3. The molecule has 1 unspecified atom stereocenters. The van der Waals surface area contributed by atoms with Crippen LogP contribution in [-0.4, -0.2) is 35.1 Å². The molecule has 124 valence electrons. The molecule has 0 saturated heterocycles. The van der Waals surface area contributed by atoms with Crippen molar-refractivity contribution in [2.75, 3.05) is 7.11 Å². The quantitative estimate of drug-likeness (QED) is 0.817. The second-order valence-electron chi connectivity index (χ2n) is 5.57. The van der Waals surface area contributed by atoms with E-state index in [0.717, 1.165) is 6.07 Å². The van der Waals surface area contributed by atoms with Crippen molar-refractivity contribution in [3.05, 3.63) is 29.6 Å². The monoisotopic (exact) mass is 324 g/mol. The summed E-state index contributed by atoms with van der Waals surface area (Å²) in [6.07, 6.45) is -6.48. The van der Waals surface area contributed by atoms with Gasteiger partial charge < -0.3 is 14.9 Å². The smallest absolute Gasteiger partial charge is 0.428 e. The molecule has 0 aliphatic rings. The lowest BCUT2D eigenvalue weighted by Gasteiger charge is -2.35. The van der Waals surface area contributed by atoms with E-state index in [0.29, 0.717) is 0 Å². The Morgan fingerprint density at radius 1 is 1.27 bits per heavy atom. The van der Waals surface area contributed by atoms with Gasteiger partial charge in [0.05, 0.1) is 7.11 Å². The van der Waals surface area contributed by atoms with Crippen molar-refractivity contribution in [1.29, 1.82) is 0 Å². The molecule has 2 N–H and O–H groups in total. The van der Waals surface area contributed by atoms with Gasteiger partial charge in [-0.2, -0.15) is 13.2 Å². The number of rotatable bonds is 5. The first-order valence-corrected chi connectivity index (χ1v) is 6.21. The normalized spacial score (nSPS) is 15.3. The number of ether oxygens (including phenoxy) is 1. The molecule has 1 aromatic carbocycles. The number of aliphatic hydroxyl groups is 1. The molecule has 1 aromatic rings. The minimum Gasteiger partial charge on any atom is -0.494 e. The highest BCUT2D eigenvalue weighted by Crippen LogP contribution is 2.42. The molecule has 0 aromatic heterocycles. The lowest BCUT2D eigenvalue weighted by atomic mass is 9.75. The van der Waals surface area contributed by atoms with Crippen LogP contribution in [0.5, 0.6) is 5.75 Å². The lowest BCUT2D eigenvalue weighted by molar-refractivity contribution is -0.265. The summed E-state index contributed by atoms with van der Waals surface area (Å²) in [6.45, 7) is 2.64. The summed E-state index contributed by atoms with van der Waals surface area (Å²) in [4.78, 5) is 10.9. The van der Waals surface area contributed by atoms with Crippen LogP contribution in [0, 0.1) is 5.82 Å². The van der Waals surface area contributed by atoms with Crippen molar-refractivity contribution >= 4 is 5.97 Å². The maximum absolute atomic E-state index is 13.4. The molecular formula is C14H16F4O4. The van der Waals surface area contributed by atoms with E-state index in [1.165, 1.54) is 33.1 Å². The van der Waals surface area contributed by atoms with Crippen molar-refractivity contribution < 1.29 is 37.3 Å². The Morgan fingerprint density at radius 2 is 1.82 bits per heavy atom. The average molecular weight is 324 g/mol. The number of aliphatic carboxylic acids is 1. The Labute approximate surface area is 124 Å². The number of carboxylic acid groups (broad SMARTS) is 1. The molecular weight excluding hydrogens is 308 g/mol. The van der Waals surface area contributed by atoms with Gasteiger partial charge in [0, 0.05) is 6.42 Å². The lowest BCUT2D eigenvalue weighted by Crippen LogP contribution is -2.55. The Hall–Kier alpha value is -1.83. The predicted octanol–water partition coefficient (Wildman–Crippen LogP) is 2.88. The number of benzene rings is 1. The summed E-state index contributed by atoms with van der Waals surface area (Å²) < 4.78 is 56.8. The Morgan fingerprint density at radius 3 is 2.23 bits per heavy atom. The van der Waals surface area contributed by atoms with Crippen molar-refractivity contribution in [2.45, 2.75) is 37.5 Å². The minimum atomic E-state index is -5.35. The van der Waals surface area contributed by atoms with Crippen LogP contribution in [0.4, 0.5) is 17.6 Å². The summed E-state index contributed by atoms with van der Waals surface area (Å²) in [7, 11) is 1.19. The minimum absolute atomic E-state index is 0.184. The van der Waals surface area contributed by atoms with Gasteiger partial charge in [-0.3, -0.25) is 0 Å². The number of alkyl halides is 3. The molecule has 0 amide bonds. The van der Waals surface area contributed by atoms with Gasteiger partial charge in [-0.05, 0) is 23.1 Å². The first kappa shape index (κ1) is 18.2. The summed E-state index contributed by atoms with van der Waals surface area (Å²) >= 11 is 0. The van der Waals surface area contributed by atoms with Crippen molar-refractivity contribution in [1.82, 2.24) is 0 Å². The zero-order valence-corrected chi connectivity index (χ0v) is 12.2. The highest BCUT2D eigenvalue weighted by atomic mass is 19.4. The maximum Gasteiger partial charge on any atom is 0.428 e. The molecule has 0 bridgehead atoms. The average Bonchev–Trinajstić information content (AvgIpc) is 2.36. The van der Waals surface area contributed by atoms with Gasteiger partial charge in [0.15, 0.2) is 11.6 Å². The fraction of sp³-hybridized carbons (Fsp3) is 0.500. The molecule has 0 saturated carbocycles. The molecule has 0 spiro atoms. The summed E-state index contributed by atoms with van der Waals surface area (Å²) in [5.74, 6) is -3.27. The standard InChI is InChI=1S/C14H16F4O4/c1-12(2,7-13(21,11(19)20)14(16,17)18)8-4-5-9(15)10(6-8)22-3/h4-6,21H,7H2,1-3H3,(H,19,20). The number of carboxylic acids is 1. The number of halogens is 4. The van der Waals surface area contributed by atoms with Crippen LogP contribution in [0.3, 0.4) is 0 Å². The van der Waals surface area contributed by atoms with Gasteiger partial charge in [0.1, 0.15) is 0 Å². The van der Waals surface area contributed by atoms with E-state index in [1.54, 1.807) is 0 Å². The van der Waals surface area contributed by atoms with Gasteiger partial charge in [-0.1, -0.05) is 19.9 Å². The molecule has 1 atom stereocenters. The van der Waals surface area contributed by atoms with Crippen LogP contribution in [0.15, 0.2) is 18.2 Å². The zero-order valence-electron chi connectivity index (χ0n) is 12.2. The van der Waals surface area contributed by atoms with Crippen LogP contribution < -0.4 is 4.74 Å². The molecule has 0 fully saturated rings. The molecule has 0 aliphatic heterocycles. The summed E-state index contributed by atoms with van der Waals surface area (Å²) in [5.41, 5.74) is -5.10. The van der Waals surface area contributed by atoms with Crippen LogP contribution in [0.1, 0.15) is 25.8 Å². The third kappa shape index (κ3) is 3.32. The van der Waals surface area contributed by atoms with Crippen molar-refractivity contribution in [3.63, 3.8) is 0 Å². The third-order valence-corrected chi connectivity index (χ3v) is 3.45. The van der Waals surface area contributed by atoms with Gasteiger partial charge >= 0.3 is 12.1 Å². The van der Waals surface area contributed by atoms with Gasteiger partial charge in [0.25, 0.3) is 5.60 Å². The topological polar surface area (TPSA) is 66.8 Å². The number of carbonyl (C=O) groups is 1. The van der Waals surface area contributed by atoms with E-state index in [-0.39, 0.29) is 11.3 Å². The first-order valence-electron chi connectivity index (χ1n) is 6.21. The van der Waals surface area contributed by atoms with Gasteiger partial charge in [-0.15, -0.1) is 0 Å². The highest BCUT2D eigenvalue weighted by molar-refractivity contribution is 5.78. The first-order chi connectivity index (χ1) is 9.85. The Bertz CT molecular complexity index is 568. The highest BCUT2D eigenvalue weighted by Gasteiger charge is 2.61. The second kappa shape index (κ2) is 5.75. The fourth-order valence-corrected chi connectivity index (χ4v) is 2.12. The predicted molar refractivity (Wildman–Crippen MR) is 69.2 cm³/mol. The van der Waals surface area contributed by atoms with E-state index in [9.17, 15) is 27.5 Å². The molecule has 22 heavy (non-hydrogen) atoms. The van der Waals surface area contributed by atoms with Crippen LogP contribution >= 0.6 is 0 Å². The van der Waals surface area contributed by atoms with Crippen molar-refractivity contribution in [3.8, 4) is 5.75 Å². The summed E-state index contributed by atoms with van der Waals surface area (Å²) in [6, 6.07) is 3.40. The van der Waals surface area contributed by atoms with E-state index < -0.39 is 35.4 Å². The zero-order chi connectivity index (χ0) is 17.3. The van der Waals surface area contributed by atoms with E-state index in [1.807, 2.05) is 0 Å². The molecule has 0 aliphatic carbocycles. The second-order valence-corrected chi connectivity index (χ2v) is 5.57. The largest absolute Gasteiger partial charge is 0.494 e. The van der Waals surface area contributed by atoms with Crippen molar-refractivity contribution in [2.24, 2.45) is 0 Å². The molecule has 0 heterocycles. The Kier molecular flexibility index (Phi) is 4.76. The van der Waals surface area contributed by atoms with Gasteiger partial charge in [-0.25, -0.2) is 9.18 Å². The van der Waals surface area contributed by atoms with E-state index >= 15 is 0 Å². The maximum atomic E-state index is 13.4. The number of hydrogen-bond acceptors (Lipinski definition) is 3. The van der Waals surface area contributed by atoms with E-state index in [4.69, 9.17) is 9.84 Å². The Balaban J connectivity index is 3.26. The van der Waals surface area contributed by atoms with Crippen LogP contribution in [0.2, 0.25) is 0 Å². The number of methoxy groups -OCH3 is 1. The molecule has 0 radical (unpaired) electrons. The SMILES string of the molecule is COc1cc(C(C)(C)CC(O)(C(=O)O)C(F)(F)F)ccc1F. The van der Waals surface area contributed by atoms with Crippen LogP contribution in [-0.2, 0) is 10.2 Å². The van der Waals surface area contributed by atoms with Gasteiger partial charge in [0.2, 0.25) is 0 Å². The molecule has 1 rings (SSSR count). The third-order valence-electron chi connectivity index (χ3n) is 3.45. The van der Waals surface area contributed by atoms with Crippen LogP contribution in [0.25, 0.3) is 0 Å². The number of hydrogen-bond donors (Lipinski definition) is 2. The molecule has 8 heteroatoms. The fourth-order valence-electron chi connectivity index (χ4n) is 2.12. The molecule has 4 nitrogen and oxygen atoms in total.